The van der Waals surface area contributed by atoms with Crippen molar-refractivity contribution in [3.63, 3.8) is 0 Å². The van der Waals surface area contributed by atoms with E-state index in [0.717, 1.165) is 5.56 Å². The highest BCUT2D eigenvalue weighted by atomic mass is 32.1. The third-order valence-corrected chi connectivity index (χ3v) is 1.91. The number of hydrogen-bond donors (Lipinski definition) is 1. The van der Waals surface area contributed by atoms with Gasteiger partial charge in [0.05, 0.1) is 0 Å². The number of nitrogens with zero attached hydrogens (tertiary/aromatic N) is 4. The van der Waals surface area contributed by atoms with Gasteiger partial charge in [-0.25, -0.2) is 4.99 Å². The number of aromatic nitrogens is 4. The molecule has 0 aliphatic heterocycles. The van der Waals surface area contributed by atoms with Gasteiger partial charge >= 0.3 is 0 Å². The molecule has 0 aromatic carbocycles. The van der Waals surface area contributed by atoms with Crippen LogP contribution in [0.3, 0.4) is 0 Å². The van der Waals surface area contributed by atoms with E-state index in [1.165, 1.54) is 0 Å². The van der Waals surface area contributed by atoms with Gasteiger partial charge in [0.25, 0.3) is 5.95 Å². The Morgan fingerprint density at radius 2 is 2.58 bits per heavy atom. The highest BCUT2D eigenvalue weighted by Crippen LogP contribution is 2.04. The third kappa shape index (κ3) is 1.54. The molecular formula is C6H5N5S. The molecule has 0 bridgehead atoms. The van der Waals surface area contributed by atoms with Crippen LogP contribution in [-0.4, -0.2) is 26.8 Å². The lowest BCUT2D eigenvalue weighted by Crippen LogP contribution is -1.74. The van der Waals surface area contributed by atoms with Crippen molar-refractivity contribution in [2.45, 2.75) is 0 Å². The van der Waals surface area contributed by atoms with Crippen LogP contribution in [0.5, 0.6) is 0 Å². The molecule has 2 rings (SSSR count). The standard InChI is InChI=1S/C6H5N5S/c1-2-12-4-5(1)3-7-6-8-10-11-9-6/h1-4H,(H,8,9,10,11)/b7-3+. The molecule has 5 nitrogen and oxygen atoms in total. The fourth-order valence-electron chi connectivity index (χ4n) is 0.692. The zero-order valence-corrected chi connectivity index (χ0v) is 6.82. The molecule has 0 atom stereocenters. The predicted molar refractivity (Wildman–Crippen MR) is 45.8 cm³/mol. The van der Waals surface area contributed by atoms with Crippen LogP contribution in [0, 0.1) is 0 Å². The Bertz CT molecular complexity index is 313. The number of tetrazole rings is 1. The number of aromatic amines is 1. The molecule has 2 aromatic heterocycles. The summed E-state index contributed by atoms with van der Waals surface area (Å²) in [6.07, 6.45) is 1.70. The minimum atomic E-state index is 0.348. The van der Waals surface area contributed by atoms with Gasteiger partial charge in [-0.05, 0) is 22.0 Å². The van der Waals surface area contributed by atoms with Crippen molar-refractivity contribution in [2.75, 3.05) is 0 Å². The lowest BCUT2D eigenvalue weighted by Gasteiger charge is -1.79. The summed E-state index contributed by atoms with van der Waals surface area (Å²) in [7, 11) is 0. The van der Waals surface area contributed by atoms with E-state index in [-0.39, 0.29) is 0 Å². The van der Waals surface area contributed by atoms with Gasteiger partial charge in [0, 0.05) is 11.8 Å². The fourth-order valence-corrected chi connectivity index (χ4v) is 1.30. The Kier molecular flexibility index (Phi) is 1.91. The van der Waals surface area contributed by atoms with Crippen LogP contribution < -0.4 is 0 Å². The molecule has 0 fully saturated rings. The van der Waals surface area contributed by atoms with E-state index in [1.807, 2.05) is 16.8 Å². The third-order valence-electron chi connectivity index (χ3n) is 1.21. The van der Waals surface area contributed by atoms with E-state index in [9.17, 15) is 0 Å². The number of nitrogens with one attached hydrogen (secondary N) is 1. The Morgan fingerprint density at radius 1 is 1.58 bits per heavy atom. The minimum absolute atomic E-state index is 0.348. The van der Waals surface area contributed by atoms with Gasteiger partial charge in [0.1, 0.15) is 0 Å². The molecule has 60 valence electrons. The second-order valence-corrected chi connectivity index (χ2v) is 2.81. The van der Waals surface area contributed by atoms with Gasteiger partial charge in [-0.15, -0.1) is 5.10 Å². The number of H-pyrrole nitrogens is 1. The summed E-state index contributed by atoms with van der Waals surface area (Å²) in [5.74, 6) is 0.348. The van der Waals surface area contributed by atoms with Crippen molar-refractivity contribution in [1.82, 2.24) is 20.6 Å². The topological polar surface area (TPSA) is 66.8 Å². The molecule has 2 heterocycles. The molecule has 0 amide bonds. The smallest absolute Gasteiger partial charge is 0.216 e. The Morgan fingerprint density at radius 3 is 3.25 bits per heavy atom. The van der Waals surface area contributed by atoms with Crippen molar-refractivity contribution in [3.8, 4) is 0 Å². The molecule has 0 unspecified atom stereocenters. The highest BCUT2D eigenvalue weighted by molar-refractivity contribution is 7.08. The molecule has 0 spiro atoms. The van der Waals surface area contributed by atoms with E-state index in [0.29, 0.717) is 5.95 Å². The summed E-state index contributed by atoms with van der Waals surface area (Å²) in [5, 5.41) is 17.0. The maximum absolute atomic E-state index is 3.97. The summed E-state index contributed by atoms with van der Waals surface area (Å²) < 4.78 is 0. The molecule has 1 N–H and O–H groups in total. The molecule has 0 aliphatic rings. The number of hydrogen-bond acceptors (Lipinski definition) is 5. The van der Waals surface area contributed by atoms with Crippen LogP contribution >= 0.6 is 11.3 Å². The van der Waals surface area contributed by atoms with Crippen LogP contribution in [0.1, 0.15) is 5.56 Å². The number of thiophene rings is 1. The van der Waals surface area contributed by atoms with E-state index < -0.39 is 0 Å². The van der Waals surface area contributed by atoms with Crippen molar-refractivity contribution < 1.29 is 0 Å². The summed E-state index contributed by atoms with van der Waals surface area (Å²) in [5.41, 5.74) is 1.05. The van der Waals surface area contributed by atoms with Crippen molar-refractivity contribution in [1.29, 1.82) is 0 Å². The lowest BCUT2D eigenvalue weighted by molar-refractivity contribution is 0.881. The molecule has 2 aromatic rings. The zero-order valence-electron chi connectivity index (χ0n) is 6.01. The van der Waals surface area contributed by atoms with E-state index >= 15 is 0 Å². The second kappa shape index (κ2) is 3.22. The number of rotatable bonds is 2. The summed E-state index contributed by atoms with van der Waals surface area (Å²) in [6.45, 7) is 0. The Labute approximate surface area is 72.2 Å². The molecule has 6 heteroatoms. The van der Waals surface area contributed by atoms with E-state index in [1.54, 1.807) is 17.6 Å². The van der Waals surface area contributed by atoms with Gasteiger partial charge in [-0.1, -0.05) is 5.10 Å². The quantitative estimate of drug-likeness (QED) is 0.699. The second-order valence-electron chi connectivity index (χ2n) is 2.03. The first-order valence-electron chi connectivity index (χ1n) is 3.25. The normalized spacial score (nSPS) is 11.0. The van der Waals surface area contributed by atoms with Crippen molar-refractivity contribution in [3.05, 3.63) is 22.4 Å². The van der Waals surface area contributed by atoms with Crippen molar-refractivity contribution in [2.24, 2.45) is 4.99 Å². The largest absolute Gasteiger partial charge is 0.288 e. The highest BCUT2D eigenvalue weighted by Gasteiger charge is 1.91. The first-order valence-corrected chi connectivity index (χ1v) is 4.19. The maximum Gasteiger partial charge on any atom is 0.288 e. The van der Waals surface area contributed by atoms with Gasteiger partial charge in [-0.2, -0.15) is 16.6 Å². The van der Waals surface area contributed by atoms with Crippen LogP contribution in [0.15, 0.2) is 21.8 Å². The average Bonchev–Trinajstić information content (AvgIpc) is 2.74. The van der Waals surface area contributed by atoms with Crippen molar-refractivity contribution >= 4 is 23.5 Å². The monoisotopic (exact) mass is 179 g/mol. The zero-order chi connectivity index (χ0) is 8.23. The molecular weight excluding hydrogens is 174 g/mol. The SMILES string of the molecule is C(=N\c1nn[nH]n1)/c1ccsc1. The Balaban J connectivity index is 2.14. The average molecular weight is 179 g/mol. The lowest BCUT2D eigenvalue weighted by atomic mass is 10.4. The van der Waals surface area contributed by atoms with Gasteiger partial charge in [0.2, 0.25) is 0 Å². The summed E-state index contributed by atoms with van der Waals surface area (Å²) in [4.78, 5) is 3.97. The Hall–Kier alpha value is -1.56. The summed E-state index contributed by atoms with van der Waals surface area (Å²) in [6, 6.07) is 1.97. The molecule has 0 saturated heterocycles. The van der Waals surface area contributed by atoms with Gasteiger partial charge in [0.15, 0.2) is 0 Å². The fraction of sp³-hybridized carbons (Fsp3) is 0. The number of aliphatic imine (C=N–C) groups is 1. The van der Waals surface area contributed by atoms with Crippen LogP contribution in [0.2, 0.25) is 0 Å². The minimum Gasteiger partial charge on any atom is -0.216 e. The summed E-state index contributed by atoms with van der Waals surface area (Å²) >= 11 is 1.62. The van der Waals surface area contributed by atoms with Gasteiger partial charge < -0.3 is 0 Å². The first kappa shape index (κ1) is 7.11. The van der Waals surface area contributed by atoms with E-state index in [2.05, 4.69) is 25.6 Å². The maximum atomic E-state index is 3.97. The molecule has 0 saturated carbocycles. The molecule has 0 radical (unpaired) electrons. The predicted octanol–water partition coefficient (Wildman–Crippen LogP) is 1.01. The van der Waals surface area contributed by atoms with Crippen LogP contribution in [-0.2, 0) is 0 Å². The van der Waals surface area contributed by atoms with Crippen LogP contribution in [0.25, 0.3) is 0 Å². The first-order chi connectivity index (χ1) is 5.95. The van der Waals surface area contributed by atoms with Gasteiger partial charge in [-0.3, -0.25) is 0 Å². The molecule has 0 aliphatic carbocycles. The van der Waals surface area contributed by atoms with E-state index in [4.69, 9.17) is 0 Å². The van der Waals surface area contributed by atoms with Crippen LogP contribution in [0.4, 0.5) is 5.95 Å². The molecule has 12 heavy (non-hydrogen) atoms.